The molecular weight excluding hydrogens is 390 g/mol. The summed E-state index contributed by atoms with van der Waals surface area (Å²) in [7, 11) is 0. The number of hydrogen-bond acceptors (Lipinski definition) is 6. The molecule has 0 spiro atoms. The lowest BCUT2D eigenvalue weighted by molar-refractivity contribution is 0.102. The first kappa shape index (κ1) is 18.6. The summed E-state index contributed by atoms with van der Waals surface area (Å²) >= 11 is 3.07. The van der Waals surface area contributed by atoms with Crippen LogP contribution in [-0.2, 0) is 6.54 Å². The normalized spacial score (nSPS) is 11.1. The number of aryl methyl sites for hydroxylation is 1. The zero-order valence-electron chi connectivity index (χ0n) is 15.5. The second-order valence-electron chi connectivity index (χ2n) is 6.36. The van der Waals surface area contributed by atoms with Gasteiger partial charge in [0.25, 0.3) is 0 Å². The van der Waals surface area contributed by atoms with Gasteiger partial charge in [0, 0.05) is 39.8 Å². The summed E-state index contributed by atoms with van der Waals surface area (Å²) in [4.78, 5) is 22.5. The van der Waals surface area contributed by atoms with E-state index in [0.29, 0.717) is 16.7 Å². The maximum Gasteiger partial charge on any atom is 0.209 e. The molecule has 6 nitrogen and oxygen atoms in total. The van der Waals surface area contributed by atoms with Gasteiger partial charge in [0.05, 0.1) is 12.3 Å². The molecule has 0 amide bonds. The highest BCUT2D eigenvalue weighted by Gasteiger charge is 2.17. The molecule has 0 fully saturated rings. The molecule has 0 aliphatic rings. The maximum absolute atomic E-state index is 12.8. The van der Waals surface area contributed by atoms with Crippen molar-refractivity contribution in [3.63, 3.8) is 0 Å². The first-order valence-electron chi connectivity index (χ1n) is 8.79. The zero-order valence-corrected chi connectivity index (χ0v) is 17.2. The zero-order chi connectivity index (χ0) is 19.5. The fraction of sp³-hybridized carbons (Fsp3) is 0.200. The van der Waals surface area contributed by atoms with Crippen LogP contribution in [0.5, 0.6) is 0 Å². The molecular formula is C20H19N5OS2. The van der Waals surface area contributed by atoms with E-state index in [1.165, 1.54) is 16.6 Å². The van der Waals surface area contributed by atoms with Crippen LogP contribution >= 0.6 is 23.1 Å². The van der Waals surface area contributed by atoms with Crippen LogP contribution in [0, 0.1) is 13.8 Å². The van der Waals surface area contributed by atoms with Gasteiger partial charge in [-0.2, -0.15) is 0 Å². The molecule has 0 saturated heterocycles. The van der Waals surface area contributed by atoms with Crippen LogP contribution in [0.3, 0.4) is 0 Å². The van der Waals surface area contributed by atoms with E-state index in [1.807, 2.05) is 38.1 Å². The average molecular weight is 410 g/mol. The topological polar surface area (TPSA) is 76.5 Å². The van der Waals surface area contributed by atoms with Crippen molar-refractivity contribution in [3.8, 4) is 11.4 Å². The van der Waals surface area contributed by atoms with Gasteiger partial charge in [-0.3, -0.25) is 14.9 Å². The number of thiophene rings is 1. The predicted molar refractivity (Wildman–Crippen MR) is 112 cm³/mol. The summed E-state index contributed by atoms with van der Waals surface area (Å²) in [5, 5.41) is 9.75. The Morgan fingerprint density at radius 3 is 2.82 bits per heavy atom. The summed E-state index contributed by atoms with van der Waals surface area (Å²) in [6, 6.07) is 9.87. The molecule has 0 aliphatic carbocycles. The van der Waals surface area contributed by atoms with E-state index in [9.17, 15) is 4.79 Å². The number of Topliss-reactive ketones (excluding diaryl/α,β-unsaturated/α-hetero) is 1. The van der Waals surface area contributed by atoms with E-state index < -0.39 is 0 Å². The molecule has 0 unspecified atom stereocenters. The molecule has 0 atom stereocenters. The molecule has 0 aliphatic heterocycles. The average Bonchev–Trinajstić information content (AvgIpc) is 3.45. The van der Waals surface area contributed by atoms with E-state index in [-0.39, 0.29) is 5.78 Å². The fourth-order valence-corrected chi connectivity index (χ4v) is 4.42. The van der Waals surface area contributed by atoms with Crippen molar-refractivity contribution in [1.82, 2.24) is 24.7 Å². The van der Waals surface area contributed by atoms with Crippen LogP contribution in [0.15, 0.2) is 53.3 Å². The number of carbonyl (C=O) groups excluding carboxylic acids is 1. The number of ketones is 1. The maximum atomic E-state index is 12.8. The molecule has 4 aromatic rings. The molecule has 0 aromatic carbocycles. The van der Waals surface area contributed by atoms with Crippen LogP contribution in [0.2, 0.25) is 0 Å². The number of H-pyrrole nitrogens is 1. The number of nitrogens with one attached hydrogen (secondary N) is 1. The molecule has 0 bridgehead atoms. The summed E-state index contributed by atoms with van der Waals surface area (Å²) in [5.41, 5.74) is 3.78. The summed E-state index contributed by atoms with van der Waals surface area (Å²) in [6.07, 6.45) is 3.42. The van der Waals surface area contributed by atoms with Crippen molar-refractivity contribution in [3.05, 3.63) is 69.9 Å². The van der Waals surface area contributed by atoms with Gasteiger partial charge in [-0.1, -0.05) is 17.8 Å². The molecule has 4 aromatic heterocycles. The Kier molecular flexibility index (Phi) is 5.40. The standard InChI is InChI=1S/C20H19N5OS2/c1-13-10-17(14(2)25(13)11-16-4-3-9-27-16)18(26)12-28-20-22-19(23-24-20)15-5-7-21-8-6-15/h3-10H,11-12H2,1-2H3,(H,22,23,24). The van der Waals surface area contributed by atoms with Gasteiger partial charge in [0.1, 0.15) is 0 Å². The van der Waals surface area contributed by atoms with Gasteiger partial charge in [-0.25, -0.2) is 4.98 Å². The second kappa shape index (κ2) is 8.12. The Bertz CT molecular complexity index is 1080. The predicted octanol–water partition coefficient (Wildman–Crippen LogP) is 4.37. The Balaban J connectivity index is 1.44. The number of hydrogen-bond donors (Lipinski definition) is 1. The fourth-order valence-electron chi connectivity index (χ4n) is 3.04. The number of rotatable bonds is 7. The van der Waals surface area contributed by atoms with E-state index >= 15 is 0 Å². The molecule has 4 rings (SSSR count). The molecule has 4 heterocycles. The van der Waals surface area contributed by atoms with Gasteiger partial charge in [0.2, 0.25) is 5.16 Å². The lowest BCUT2D eigenvalue weighted by Crippen LogP contribution is -2.07. The third-order valence-electron chi connectivity index (χ3n) is 4.52. The number of nitrogens with zero attached hydrogens (tertiary/aromatic N) is 4. The number of aromatic nitrogens is 5. The van der Waals surface area contributed by atoms with Crippen LogP contribution in [-0.4, -0.2) is 36.3 Å². The minimum Gasteiger partial charge on any atom is -0.343 e. The minimum absolute atomic E-state index is 0.0887. The van der Waals surface area contributed by atoms with E-state index in [0.717, 1.165) is 29.1 Å². The molecule has 0 saturated carbocycles. The van der Waals surface area contributed by atoms with Crippen molar-refractivity contribution >= 4 is 28.9 Å². The Labute approximate surface area is 171 Å². The number of aromatic amines is 1. The lowest BCUT2D eigenvalue weighted by atomic mass is 10.2. The highest BCUT2D eigenvalue weighted by atomic mass is 32.2. The highest BCUT2D eigenvalue weighted by molar-refractivity contribution is 7.99. The van der Waals surface area contributed by atoms with Crippen molar-refractivity contribution in [2.24, 2.45) is 0 Å². The van der Waals surface area contributed by atoms with Crippen molar-refractivity contribution in [2.75, 3.05) is 5.75 Å². The largest absolute Gasteiger partial charge is 0.343 e. The third-order valence-corrected chi connectivity index (χ3v) is 6.23. The molecule has 28 heavy (non-hydrogen) atoms. The molecule has 8 heteroatoms. The summed E-state index contributed by atoms with van der Waals surface area (Å²) in [5.74, 6) is 1.06. The van der Waals surface area contributed by atoms with Crippen molar-refractivity contribution in [1.29, 1.82) is 0 Å². The number of carbonyl (C=O) groups is 1. The Morgan fingerprint density at radius 1 is 1.25 bits per heavy atom. The minimum atomic E-state index is 0.0887. The first-order chi connectivity index (χ1) is 13.6. The van der Waals surface area contributed by atoms with Crippen LogP contribution in [0.1, 0.15) is 26.6 Å². The number of thioether (sulfide) groups is 1. The van der Waals surface area contributed by atoms with E-state index in [1.54, 1.807) is 23.7 Å². The van der Waals surface area contributed by atoms with Crippen LogP contribution < -0.4 is 0 Å². The van der Waals surface area contributed by atoms with Gasteiger partial charge < -0.3 is 4.57 Å². The van der Waals surface area contributed by atoms with Gasteiger partial charge in [-0.15, -0.1) is 16.4 Å². The van der Waals surface area contributed by atoms with Crippen molar-refractivity contribution in [2.45, 2.75) is 25.5 Å². The third kappa shape index (κ3) is 3.93. The van der Waals surface area contributed by atoms with Gasteiger partial charge >= 0.3 is 0 Å². The molecule has 0 radical (unpaired) electrons. The lowest BCUT2D eigenvalue weighted by Gasteiger charge is -2.08. The van der Waals surface area contributed by atoms with Crippen LogP contribution in [0.4, 0.5) is 0 Å². The van der Waals surface area contributed by atoms with E-state index in [2.05, 4.69) is 36.2 Å². The molecule has 142 valence electrons. The number of pyridine rings is 1. The first-order valence-corrected chi connectivity index (χ1v) is 10.7. The van der Waals surface area contributed by atoms with E-state index in [4.69, 9.17) is 0 Å². The van der Waals surface area contributed by atoms with Crippen LogP contribution in [0.25, 0.3) is 11.4 Å². The van der Waals surface area contributed by atoms with Gasteiger partial charge in [0.15, 0.2) is 11.6 Å². The van der Waals surface area contributed by atoms with Crippen molar-refractivity contribution < 1.29 is 4.79 Å². The quantitative estimate of drug-likeness (QED) is 0.362. The smallest absolute Gasteiger partial charge is 0.209 e. The summed E-state index contributed by atoms with van der Waals surface area (Å²) in [6.45, 7) is 4.85. The second-order valence-corrected chi connectivity index (χ2v) is 8.34. The Morgan fingerprint density at radius 2 is 2.07 bits per heavy atom. The van der Waals surface area contributed by atoms with Gasteiger partial charge in [-0.05, 0) is 43.5 Å². The summed E-state index contributed by atoms with van der Waals surface area (Å²) < 4.78 is 2.19. The Hall–Kier alpha value is -2.71. The monoisotopic (exact) mass is 409 g/mol. The highest BCUT2D eigenvalue weighted by Crippen LogP contribution is 2.23. The SMILES string of the molecule is Cc1cc(C(=O)CSc2n[nH]c(-c3ccncc3)n2)c(C)n1Cc1cccs1. The molecule has 1 N–H and O–H groups in total.